The first-order valence-corrected chi connectivity index (χ1v) is 12.8. The molecular weight excluding hydrogens is 490 g/mol. The SMILES string of the molecule is COC[C@H](NC(=O)c1cc(C)on1)C(=O)N[C@@H](Cc1cccnc1)C(=O)N[C@@H](CC(C)C)C(=O)C1(C)CC1. The van der Waals surface area contributed by atoms with Crippen LogP contribution < -0.4 is 16.0 Å². The third kappa shape index (κ3) is 7.95. The summed E-state index contributed by atoms with van der Waals surface area (Å²) in [6.07, 6.45) is 5.45. The molecule has 0 saturated heterocycles. The highest BCUT2D eigenvalue weighted by molar-refractivity contribution is 5.98. The van der Waals surface area contributed by atoms with Gasteiger partial charge in [-0.3, -0.25) is 24.2 Å². The number of nitrogens with one attached hydrogen (secondary N) is 3. The molecule has 2 aromatic rings. The lowest BCUT2D eigenvalue weighted by Gasteiger charge is -2.27. The summed E-state index contributed by atoms with van der Waals surface area (Å²) in [6.45, 7) is 7.40. The van der Waals surface area contributed by atoms with Gasteiger partial charge in [0.05, 0.1) is 12.6 Å². The predicted octanol–water partition coefficient (Wildman–Crippen LogP) is 1.75. The number of hydrogen-bond acceptors (Lipinski definition) is 8. The van der Waals surface area contributed by atoms with E-state index in [4.69, 9.17) is 9.26 Å². The molecule has 0 bridgehead atoms. The van der Waals surface area contributed by atoms with Crippen molar-refractivity contribution in [1.82, 2.24) is 26.1 Å². The molecule has 2 heterocycles. The molecule has 206 valence electrons. The lowest BCUT2D eigenvalue weighted by atomic mass is 9.91. The molecule has 1 aliphatic carbocycles. The molecule has 1 fully saturated rings. The number of aromatic nitrogens is 2. The Balaban J connectivity index is 1.78. The first-order valence-electron chi connectivity index (χ1n) is 12.8. The quantitative estimate of drug-likeness (QED) is 0.336. The Morgan fingerprint density at radius 2 is 1.76 bits per heavy atom. The molecule has 3 amide bonds. The van der Waals surface area contributed by atoms with E-state index in [1.165, 1.54) is 13.2 Å². The van der Waals surface area contributed by atoms with Crippen molar-refractivity contribution >= 4 is 23.5 Å². The minimum absolute atomic E-state index is 0.0124. The molecule has 0 radical (unpaired) electrons. The molecule has 0 unspecified atom stereocenters. The maximum atomic E-state index is 13.5. The standard InChI is InChI=1S/C27H37N5O6/c1-16(2)11-19(23(33)27(4)8-9-27)29-24(34)20(13-18-7-6-10-28-14-18)30-26(36)22(15-37-5)31-25(35)21-12-17(3)38-32-21/h6-7,10,12,14,16,19-20,22H,8-9,11,13,15H2,1-5H3,(H,29,34)(H,30,36)(H,31,35)/t19-,20-,22-/m0/s1. The van der Waals surface area contributed by atoms with Crippen LogP contribution >= 0.6 is 0 Å². The summed E-state index contributed by atoms with van der Waals surface area (Å²) in [4.78, 5) is 56.6. The zero-order valence-corrected chi connectivity index (χ0v) is 22.6. The van der Waals surface area contributed by atoms with E-state index in [2.05, 4.69) is 26.1 Å². The van der Waals surface area contributed by atoms with Crippen LogP contribution in [0, 0.1) is 18.3 Å². The van der Waals surface area contributed by atoms with Crippen LogP contribution in [0.1, 0.15) is 61.8 Å². The normalized spacial score (nSPS) is 16.3. The fourth-order valence-electron chi connectivity index (χ4n) is 4.12. The summed E-state index contributed by atoms with van der Waals surface area (Å²) in [5.74, 6) is -1.09. The van der Waals surface area contributed by atoms with Gasteiger partial charge in [0.1, 0.15) is 17.8 Å². The van der Waals surface area contributed by atoms with Gasteiger partial charge in [0.2, 0.25) is 11.8 Å². The zero-order valence-electron chi connectivity index (χ0n) is 22.6. The van der Waals surface area contributed by atoms with Crippen LogP contribution in [0.15, 0.2) is 35.1 Å². The second kappa shape index (κ2) is 12.8. The van der Waals surface area contributed by atoms with Crippen molar-refractivity contribution in [2.45, 2.75) is 71.5 Å². The van der Waals surface area contributed by atoms with Crippen molar-refractivity contribution in [3.63, 3.8) is 0 Å². The number of aryl methyl sites for hydroxylation is 1. The molecule has 0 aromatic carbocycles. The number of pyridine rings is 1. The van der Waals surface area contributed by atoms with Crippen LogP contribution in [0.5, 0.6) is 0 Å². The van der Waals surface area contributed by atoms with Gasteiger partial charge >= 0.3 is 0 Å². The lowest BCUT2D eigenvalue weighted by Crippen LogP contribution is -2.57. The minimum Gasteiger partial charge on any atom is -0.382 e. The highest BCUT2D eigenvalue weighted by Gasteiger charge is 2.48. The van der Waals surface area contributed by atoms with Gasteiger partial charge in [0.25, 0.3) is 5.91 Å². The first kappa shape index (κ1) is 29.0. The van der Waals surface area contributed by atoms with E-state index in [0.717, 1.165) is 18.4 Å². The maximum absolute atomic E-state index is 13.5. The molecule has 3 atom stereocenters. The summed E-state index contributed by atoms with van der Waals surface area (Å²) in [7, 11) is 1.40. The largest absolute Gasteiger partial charge is 0.382 e. The Bertz CT molecular complexity index is 1130. The fourth-order valence-corrected chi connectivity index (χ4v) is 4.12. The topological polar surface area (TPSA) is 153 Å². The third-order valence-corrected chi connectivity index (χ3v) is 6.55. The van der Waals surface area contributed by atoms with Crippen molar-refractivity contribution in [1.29, 1.82) is 0 Å². The Hall–Kier alpha value is -3.60. The summed E-state index contributed by atoms with van der Waals surface area (Å²) in [6, 6.07) is 2.19. The number of carbonyl (C=O) groups excluding carboxylic acids is 4. The number of ketones is 1. The molecule has 11 nitrogen and oxygen atoms in total. The van der Waals surface area contributed by atoms with Gasteiger partial charge in [0, 0.05) is 37.4 Å². The second-order valence-electron chi connectivity index (χ2n) is 10.5. The highest BCUT2D eigenvalue weighted by Crippen LogP contribution is 2.47. The average molecular weight is 528 g/mol. The van der Waals surface area contributed by atoms with Gasteiger partial charge in [-0.1, -0.05) is 32.0 Å². The van der Waals surface area contributed by atoms with Crippen molar-refractivity contribution in [3.05, 3.63) is 47.6 Å². The van der Waals surface area contributed by atoms with E-state index in [0.29, 0.717) is 12.2 Å². The number of rotatable bonds is 14. The minimum atomic E-state index is -1.10. The second-order valence-corrected chi connectivity index (χ2v) is 10.5. The smallest absolute Gasteiger partial charge is 0.274 e. The highest BCUT2D eigenvalue weighted by atomic mass is 16.5. The number of carbonyl (C=O) groups is 4. The van der Waals surface area contributed by atoms with E-state index < -0.39 is 41.3 Å². The monoisotopic (exact) mass is 527 g/mol. The molecule has 38 heavy (non-hydrogen) atoms. The first-order chi connectivity index (χ1) is 18.0. The molecule has 0 aliphatic heterocycles. The molecule has 3 rings (SSSR count). The summed E-state index contributed by atoms with van der Waals surface area (Å²) in [5, 5.41) is 11.9. The predicted molar refractivity (Wildman–Crippen MR) is 138 cm³/mol. The summed E-state index contributed by atoms with van der Waals surface area (Å²) < 4.78 is 10.1. The maximum Gasteiger partial charge on any atom is 0.274 e. The number of Topliss-reactive ketones (excluding diaryl/α,β-unsaturated/α-hetero) is 1. The fraction of sp³-hybridized carbons (Fsp3) is 0.556. The number of methoxy groups -OCH3 is 1. The van der Waals surface area contributed by atoms with Crippen LogP contribution in [-0.4, -0.2) is 65.5 Å². The molecule has 0 spiro atoms. The van der Waals surface area contributed by atoms with Crippen molar-refractivity contribution < 1.29 is 28.4 Å². The van der Waals surface area contributed by atoms with Crippen molar-refractivity contribution in [3.8, 4) is 0 Å². The van der Waals surface area contributed by atoms with Gasteiger partial charge in [-0.2, -0.15) is 0 Å². The Kier molecular flexibility index (Phi) is 9.73. The zero-order chi connectivity index (χ0) is 27.9. The van der Waals surface area contributed by atoms with Gasteiger partial charge < -0.3 is 25.2 Å². The Morgan fingerprint density at radius 1 is 1.08 bits per heavy atom. The van der Waals surface area contributed by atoms with Crippen molar-refractivity contribution in [2.24, 2.45) is 11.3 Å². The third-order valence-electron chi connectivity index (χ3n) is 6.55. The molecular formula is C27H37N5O6. The number of hydrogen-bond donors (Lipinski definition) is 3. The van der Waals surface area contributed by atoms with Crippen LogP contribution in [-0.2, 0) is 25.5 Å². The molecule has 11 heteroatoms. The molecule has 1 aliphatic rings. The van der Waals surface area contributed by atoms with Gasteiger partial charge in [-0.05, 0) is 43.7 Å². The van der Waals surface area contributed by atoms with Crippen LogP contribution in [0.25, 0.3) is 0 Å². The molecule has 2 aromatic heterocycles. The van der Waals surface area contributed by atoms with E-state index in [1.807, 2.05) is 20.8 Å². The van der Waals surface area contributed by atoms with Crippen LogP contribution in [0.3, 0.4) is 0 Å². The summed E-state index contributed by atoms with van der Waals surface area (Å²) >= 11 is 0. The van der Waals surface area contributed by atoms with Gasteiger partial charge in [0.15, 0.2) is 11.5 Å². The van der Waals surface area contributed by atoms with E-state index >= 15 is 0 Å². The summed E-state index contributed by atoms with van der Waals surface area (Å²) in [5.41, 5.74) is 0.325. The van der Waals surface area contributed by atoms with Crippen molar-refractivity contribution in [2.75, 3.05) is 13.7 Å². The Labute approximate surface area is 222 Å². The number of amides is 3. The number of ether oxygens (including phenoxy) is 1. The van der Waals surface area contributed by atoms with Crippen LogP contribution in [0.4, 0.5) is 0 Å². The molecule has 3 N–H and O–H groups in total. The van der Waals surface area contributed by atoms with E-state index in [-0.39, 0.29) is 30.4 Å². The average Bonchev–Trinajstić information content (AvgIpc) is 3.48. The lowest BCUT2D eigenvalue weighted by molar-refractivity contribution is -0.133. The van der Waals surface area contributed by atoms with E-state index in [9.17, 15) is 19.2 Å². The Morgan fingerprint density at radius 3 is 2.32 bits per heavy atom. The van der Waals surface area contributed by atoms with E-state index in [1.54, 1.807) is 31.5 Å². The molecule has 1 saturated carbocycles. The van der Waals surface area contributed by atoms with Crippen LogP contribution in [0.2, 0.25) is 0 Å². The number of nitrogens with zero attached hydrogens (tertiary/aromatic N) is 2. The van der Waals surface area contributed by atoms with Gasteiger partial charge in [-0.25, -0.2) is 0 Å². The van der Waals surface area contributed by atoms with Gasteiger partial charge in [-0.15, -0.1) is 0 Å².